The van der Waals surface area contributed by atoms with Crippen molar-refractivity contribution in [1.29, 1.82) is 0 Å². The molecule has 2 N–H and O–H groups in total. The number of nitrogens with one attached hydrogen (secondary N) is 1. The van der Waals surface area contributed by atoms with Crippen molar-refractivity contribution in [2.75, 3.05) is 37.6 Å². The van der Waals surface area contributed by atoms with Gasteiger partial charge in [-0.3, -0.25) is 14.6 Å². The van der Waals surface area contributed by atoms with Crippen LogP contribution in [0.4, 0.5) is 5.82 Å². The van der Waals surface area contributed by atoms with Gasteiger partial charge in [0.15, 0.2) is 5.82 Å². The van der Waals surface area contributed by atoms with E-state index in [0.29, 0.717) is 47.5 Å². The highest BCUT2D eigenvalue weighted by atomic mass is 35.5. The Labute approximate surface area is 235 Å². The molecule has 3 fully saturated rings. The Morgan fingerprint density at radius 3 is 2.56 bits per heavy atom. The van der Waals surface area contributed by atoms with Gasteiger partial charge in [0.1, 0.15) is 5.69 Å². The maximum absolute atomic E-state index is 12.3. The molecule has 2 aromatic rings. The molecule has 10 heteroatoms. The number of piperazine rings is 1. The molecule has 1 amide bonds. The zero-order chi connectivity index (χ0) is 27.5. The van der Waals surface area contributed by atoms with Crippen LogP contribution in [0.2, 0.25) is 5.02 Å². The molecule has 0 bridgehead atoms. The number of aryl methyl sites for hydroxylation is 1. The summed E-state index contributed by atoms with van der Waals surface area (Å²) in [7, 11) is 0. The molecule has 2 aliphatic heterocycles. The van der Waals surface area contributed by atoms with Gasteiger partial charge < -0.3 is 15.3 Å². The number of carbonyl (C=O) groups is 2. The van der Waals surface area contributed by atoms with E-state index < -0.39 is 5.97 Å². The second-order valence-electron chi connectivity index (χ2n) is 10.8. The second kappa shape index (κ2) is 12.2. The van der Waals surface area contributed by atoms with Gasteiger partial charge in [0, 0.05) is 49.3 Å². The number of rotatable bonds is 8. The van der Waals surface area contributed by atoms with Gasteiger partial charge in [0.05, 0.1) is 17.5 Å². The first kappa shape index (κ1) is 27.8. The molecule has 9 nitrogen and oxygen atoms in total. The molecule has 1 saturated carbocycles. The van der Waals surface area contributed by atoms with Crippen molar-refractivity contribution >= 4 is 29.3 Å². The summed E-state index contributed by atoms with van der Waals surface area (Å²) in [6.07, 6.45) is 8.09. The summed E-state index contributed by atoms with van der Waals surface area (Å²) in [6.45, 7) is 9.00. The fourth-order valence-corrected chi connectivity index (χ4v) is 6.91. The summed E-state index contributed by atoms with van der Waals surface area (Å²) in [6, 6.07) is 6.62. The van der Waals surface area contributed by atoms with Gasteiger partial charge in [-0.25, -0.2) is 14.8 Å². The van der Waals surface area contributed by atoms with Crippen molar-refractivity contribution in [2.45, 2.75) is 77.0 Å². The number of hydrogen-bond acceptors (Lipinski definition) is 7. The highest BCUT2D eigenvalue weighted by molar-refractivity contribution is 6.31. The highest BCUT2D eigenvalue weighted by Gasteiger charge is 2.43. The number of aromatic carboxylic acids is 1. The second-order valence-corrected chi connectivity index (χ2v) is 11.3. The van der Waals surface area contributed by atoms with Crippen LogP contribution in [-0.2, 0) is 13.0 Å². The van der Waals surface area contributed by atoms with E-state index in [0.717, 1.165) is 68.9 Å². The van der Waals surface area contributed by atoms with E-state index in [1.54, 1.807) is 18.3 Å². The molecule has 0 radical (unpaired) electrons. The SMILES string of the molecule is CCNC(=O)c1cnc(N2CCN(C3CCN(Cc4ccc(Cl)cc4C(=O)O)CC3)[C@H]3CCC[C@H]32)c(CC)n1. The summed E-state index contributed by atoms with van der Waals surface area (Å²) in [5.74, 6) is -0.159. The summed E-state index contributed by atoms with van der Waals surface area (Å²) in [4.78, 5) is 41.1. The normalized spacial score (nSPS) is 22.6. The lowest BCUT2D eigenvalue weighted by Gasteiger charge is -2.50. The number of amides is 1. The number of aromatic nitrogens is 2. The number of benzene rings is 1. The zero-order valence-electron chi connectivity index (χ0n) is 22.9. The molecule has 5 rings (SSSR count). The van der Waals surface area contributed by atoms with Crippen molar-refractivity contribution < 1.29 is 14.7 Å². The van der Waals surface area contributed by atoms with Crippen LogP contribution in [0.25, 0.3) is 0 Å². The number of likely N-dealkylation sites (tertiary alicyclic amines) is 1. The number of carboxylic acid groups (broad SMARTS) is 1. The van der Waals surface area contributed by atoms with Gasteiger partial charge in [-0.15, -0.1) is 0 Å². The predicted molar refractivity (Wildman–Crippen MR) is 152 cm³/mol. The van der Waals surface area contributed by atoms with E-state index >= 15 is 0 Å². The molecular formula is C29H39ClN6O3. The lowest BCUT2D eigenvalue weighted by atomic mass is 9.95. The number of anilines is 1. The average Bonchev–Trinajstić information content (AvgIpc) is 3.44. The summed E-state index contributed by atoms with van der Waals surface area (Å²) in [5, 5.41) is 12.9. The third-order valence-corrected chi connectivity index (χ3v) is 8.83. The van der Waals surface area contributed by atoms with E-state index in [9.17, 15) is 14.7 Å². The number of carbonyl (C=O) groups excluding carboxylic acids is 1. The molecule has 1 aromatic carbocycles. The van der Waals surface area contributed by atoms with Crippen LogP contribution in [0.1, 0.15) is 78.1 Å². The van der Waals surface area contributed by atoms with Gasteiger partial charge in [-0.1, -0.05) is 24.6 Å². The average molecular weight is 555 g/mol. The summed E-state index contributed by atoms with van der Waals surface area (Å²) >= 11 is 6.04. The van der Waals surface area contributed by atoms with E-state index in [1.807, 2.05) is 13.0 Å². The molecule has 2 saturated heterocycles. The van der Waals surface area contributed by atoms with Gasteiger partial charge >= 0.3 is 5.97 Å². The van der Waals surface area contributed by atoms with Crippen LogP contribution in [-0.4, -0.2) is 87.6 Å². The molecular weight excluding hydrogens is 516 g/mol. The number of hydrogen-bond donors (Lipinski definition) is 2. The third kappa shape index (κ3) is 5.90. The summed E-state index contributed by atoms with van der Waals surface area (Å²) in [5.41, 5.74) is 2.40. The minimum absolute atomic E-state index is 0.170. The first-order valence-corrected chi connectivity index (χ1v) is 14.7. The lowest BCUT2D eigenvalue weighted by Crippen LogP contribution is -2.61. The fourth-order valence-electron chi connectivity index (χ4n) is 6.74. The molecule has 2 atom stereocenters. The third-order valence-electron chi connectivity index (χ3n) is 8.59. The molecule has 1 aromatic heterocycles. The number of halogens is 1. The Morgan fingerprint density at radius 1 is 1.08 bits per heavy atom. The van der Waals surface area contributed by atoms with E-state index in [4.69, 9.17) is 21.6 Å². The smallest absolute Gasteiger partial charge is 0.336 e. The largest absolute Gasteiger partial charge is 0.478 e. The Bertz CT molecular complexity index is 1200. The molecule has 0 unspecified atom stereocenters. The summed E-state index contributed by atoms with van der Waals surface area (Å²) < 4.78 is 0. The van der Waals surface area contributed by atoms with Crippen LogP contribution >= 0.6 is 11.6 Å². The Hall–Kier alpha value is -2.75. The molecule has 210 valence electrons. The molecule has 3 heterocycles. The van der Waals surface area contributed by atoms with Crippen molar-refractivity contribution in [3.05, 3.63) is 51.9 Å². The first-order chi connectivity index (χ1) is 18.9. The number of carboxylic acids is 1. The number of nitrogens with zero attached hydrogens (tertiary/aromatic N) is 5. The van der Waals surface area contributed by atoms with Crippen molar-refractivity contribution in [3.63, 3.8) is 0 Å². The van der Waals surface area contributed by atoms with Crippen molar-refractivity contribution in [3.8, 4) is 0 Å². The van der Waals surface area contributed by atoms with Gasteiger partial charge in [-0.05, 0) is 76.2 Å². The highest BCUT2D eigenvalue weighted by Crippen LogP contribution is 2.37. The maximum atomic E-state index is 12.3. The molecule has 3 aliphatic rings. The Kier molecular flexibility index (Phi) is 8.69. The molecule has 39 heavy (non-hydrogen) atoms. The zero-order valence-corrected chi connectivity index (χ0v) is 23.7. The first-order valence-electron chi connectivity index (χ1n) is 14.3. The Balaban J connectivity index is 1.24. The topological polar surface area (TPSA) is 102 Å². The van der Waals surface area contributed by atoms with Crippen molar-refractivity contribution in [1.82, 2.24) is 25.1 Å². The molecule has 0 spiro atoms. The van der Waals surface area contributed by atoms with Crippen LogP contribution in [0.5, 0.6) is 0 Å². The van der Waals surface area contributed by atoms with Crippen LogP contribution < -0.4 is 10.2 Å². The van der Waals surface area contributed by atoms with Gasteiger partial charge in [-0.2, -0.15) is 0 Å². The van der Waals surface area contributed by atoms with Gasteiger partial charge in [0.2, 0.25) is 0 Å². The number of piperidine rings is 1. The van der Waals surface area contributed by atoms with Crippen LogP contribution in [0.3, 0.4) is 0 Å². The fraction of sp³-hybridized carbons (Fsp3) is 0.586. The molecule has 1 aliphatic carbocycles. The van der Waals surface area contributed by atoms with Crippen molar-refractivity contribution in [2.24, 2.45) is 0 Å². The van der Waals surface area contributed by atoms with E-state index in [-0.39, 0.29) is 5.91 Å². The standard InChI is InChI=1S/C29H39ClN6O3/c1-3-23-27(32-17-24(33-23)28(37)31-4-2)36-15-14-35(25-6-5-7-26(25)36)21-10-12-34(13-11-21)18-19-8-9-20(30)16-22(19)29(38)39/h8-9,16-17,21,25-26H,3-7,10-15,18H2,1-2H3,(H,31,37)(H,38,39)/t25-,26+/m0/s1. The van der Waals surface area contributed by atoms with E-state index in [1.165, 1.54) is 12.8 Å². The van der Waals surface area contributed by atoms with Crippen LogP contribution in [0, 0.1) is 0 Å². The van der Waals surface area contributed by atoms with Gasteiger partial charge in [0.25, 0.3) is 5.91 Å². The lowest BCUT2D eigenvalue weighted by molar-refractivity contribution is 0.0530. The number of fused-ring (bicyclic) bond motifs is 1. The quantitative estimate of drug-likeness (QED) is 0.507. The van der Waals surface area contributed by atoms with Crippen LogP contribution in [0.15, 0.2) is 24.4 Å². The Morgan fingerprint density at radius 2 is 1.85 bits per heavy atom. The minimum Gasteiger partial charge on any atom is -0.478 e. The van der Waals surface area contributed by atoms with E-state index in [2.05, 4.69) is 26.9 Å². The predicted octanol–water partition coefficient (Wildman–Crippen LogP) is 3.85. The monoisotopic (exact) mass is 554 g/mol. The maximum Gasteiger partial charge on any atom is 0.336 e. The minimum atomic E-state index is -0.928.